The highest BCUT2D eigenvalue weighted by atomic mass is 16.7. The van der Waals surface area contributed by atoms with Crippen LogP contribution in [0.5, 0.6) is 11.5 Å². The molecule has 1 saturated heterocycles. The van der Waals surface area contributed by atoms with Gasteiger partial charge in [0.25, 0.3) is 0 Å². The minimum Gasteiger partial charge on any atom is -0.454 e. The van der Waals surface area contributed by atoms with Gasteiger partial charge in [-0.25, -0.2) is 0 Å². The molecule has 4 heteroatoms. The first-order valence-electron chi connectivity index (χ1n) is 6.79. The molecule has 1 aromatic rings. The molecule has 2 N–H and O–H groups in total. The molecule has 2 heterocycles. The normalized spacial score (nSPS) is 21.9. The molecule has 18 heavy (non-hydrogen) atoms. The third-order valence-electron chi connectivity index (χ3n) is 3.61. The number of nitrogens with one attached hydrogen (secondary N) is 2. The van der Waals surface area contributed by atoms with E-state index in [4.69, 9.17) is 9.47 Å². The highest BCUT2D eigenvalue weighted by Crippen LogP contribution is 2.34. The van der Waals surface area contributed by atoms with Gasteiger partial charge in [0.1, 0.15) is 0 Å². The molecule has 0 amide bonds. The van der Waals surface area contributed by atoms with Crippen LogP contribution in [-0.4, -0.2) is 25.9 Å². The number of piperidine rings is 1. The van der Waals surface area contributed by atoms with Crippen LogP contribution < -0.4 is 20.1 Å². The summed E-state index contributed by atoms with van der Waals surface area (Å²) >= 11 is 0. The number of hydrogen-bond donors (Lipinski definition) is 2. The Morgan fingerprint density at radius 3 is 3.06 bits per heavy atom. The Hall–Kier alpha value is -1.42. The van der Waals surface area contributed by atoms with Gasteiger partial charge in [-0.1, -0.05) is 6.42 Å². The van der Waals surface area contributed by atoms with Gasteiger partial charge in [-0.2, -0.15) is 0 Å². The summed E-state index contributed by atoms with van der Waals surface area (Å²) in [5.41, 5.74) is 1.11. The molecule has 1 atom stereocenters. The molecular weight excluding hydrogens is 228 g/mol. The van der Waals surface area contributed by atoms with Crippen LogP contribution in [0.3, 0.4) is 0 Å². The molecular formula is C14H20N2O2. The van der Waals surface area contributed by atoms with E-state index in [-0.39, 0.29) is 0 Å². The highest BCUT2D eigenvalue weighted by Gasteiger charge is 2.14. The second-order valence-electron chi connectivity index (χ2n) is 4.93. The molecule has 0 aromatic heterocycles. The maximum absolute atomic E-state index is 5.36. The molecule has 1 aromatic carbocycles. The predicted molar refractivity (Wildman–Crippen MR) is 71.3 cm³/mol. The van der Waals surface area contributed by atoms with Crippen LogP contribution >= 0.6 is 0 Å². The van der Waals surface area contributed by atoms with Crippen LogP contribution in [0.25, 0.3) is 0 Å². The number of hydrogen-bond acceptors (Lipinski definition) is 4. The summed E-state index contributed by atoms with van der Waals surface area (Å²) in [5.74, 6) is 1.69. The molecule has 0 saturated carbocycles. The fourth-order valence-corrected chi connectivity index (χ4v) is 2.57. The van der Waals surface area contributed by atoms with Crippen molar-refractivity contribution in [3.05, 3.63) is 18.2 Å². The molecule has 4 nitrogen and oxygen atoms in total. The van der Waals surface area contributed by atoms with Gasteiger partial charge in [0.15, 0.2) is 11.5 Å². The lowest BCUT2D eigenvalue weighted by molar-refractivity contribution is 0.174. The standard InChI is InChI=1S/C14H20N2O2/c1-2-7-15-11(3-1)6-8-16-12-4-5-13-14(9-12)18-10-17-13/h4-5,9,11,15-16H,1-3,6-8,10H2. The van der Waals surface area contributed by atoms with Gasteiger partial charge in [-0.15, -0.1) is 0 Å². The van der Waals surface area contributed by atoms with Gasteiger partial charge in [0, 0.05) is 24.3 Å². The molecule has 1 unspecified atom stereocenters. The Balaban J connectivity index is 1.48. The van der Waals surface area contributed by atoms with E-state index < -0.39 is 0 Å². The topological polar surface area (TPSA) is 42.5 Å². The van der Waals surface area contributed by atoms with Crippen molar-refractivity contribution in [1.82, 2.24) is 5.32 Å². The number of anilines is 1. The Labute approximate surface area is 108 Å². The summed E-state index contributed by atoms with van der Waals surface area (Å²) in [6.45, 7) is 2.51. The molecule has 0 radical (unpaired) electrons. The van der Waals surface area contributed by atoms with E-state index in [2.05, 4.69) is 10.6 Å². The zero-order valence-electron chi connectivity index (χ0n) is 10.6. The lowest BCUT2D eigenvalue weighted by Gasteiger charge is -2.23. The van der Waals surface area contributed by atoms with E-state index in [1.165, 1.54) is 32.2 Å². The molecule has 3 rings (SSSR count). The summed E-state index contributed by atoms with van der Waals surface area (Å²) in [6, 6.07) is 6.70. The van der Waals surface area contributed by atoms with Crippen molar-refractivity contribution < 1.29 is 9.47 Å². The quantitative estimate of drug-likeness (QED) is 0.858. The third kappa shape index (κ3) is 2.70. The van der Waals surface area contributed by atoms with Crippen molar-refractivity contribution in [2.45, 2.75) is 31.7 Å². The first kappa shape index (κ1) is 11.7. The van der Waals surface area contributed by atoms with Crippen molar-refractivity contribution in [2.24, 2.45) is 0 Å². The first-order valence-corrected chi connectivity index (χ1v) is 6.79. The smallest absolute Gasteiger partial charge is 0.231 e. The van der Waals surface area contributed by atoms with Crippen molar-refractivity contribution in [3.63, 3.8) is 0 Å². The van der Waals surface area contributed by atoms with Gasteiger partial charge < -0.3 is 20.1 Å². The number of benzene rings is 1. The largest absolute Gasteiger partial charge is 0.454 e. The fourth-order valence-electron chi connectivity index (χ4n) is 2.57. The zero-order chi connectivity index (χ0) is 12.2. The number of ether oxygens (including phenoxy) is 2. The predicted octanol–water partition coefficient (Wildman–Crippen LogP) is 2.36. The summed E-state index contributed by atoms with van der Waals surface area (Å²) < 4.78 is 10.7. The van der Waals surface area contributed by atoms with Crippen molar-refractivity contribution >= 4 is 5.69 Å². The lowest BCUT2D eigenvalue weighted by atomic mass is 10.0. The third-order valence-corrected chi connectivity index (χ3v) is 3.61. The van der Waals surface area contributed by atoms with Crippen LogP contribution in [0.4, 0.5) is 5.69 Å². The van der Waals surface area contributed by atoms with Crippen LogP contribution in [0.15, 0.2) is 18.2 Å². The average molecular weight is 248 g/mol. The zero-order valence-corrected chi connectivity index (χ0v) is 10.6. The average Bonchev–Trinajstić information content (AvgIpc) is 2.87. The molecule has 98 valence electrons. The maximum atomic E-state index is 5.36. The molecule has 2 aliphatic heterocycles. The van der Waals surface area contributed by atoms with Gasteiger partial charge in [-0.05, 0) is 37.9 Å². The van der Waals surface area contributed by atoms with Crippen LogP contribution in [0, 0.1) is 0 Å². The second-order valence-corrected chi connectivity index (χ2v) is 4.93. The van der Waals surface area contributed by atoms with Gasteiger partial charge in [0.05, 0.1) is 0 Å². The van der Waals surface area contributed by atoms with E-state index in [1.54, 1.807) is 0 Å². The summed E-state index contributed by atoms with van der Waals surface area (Å²) in [6.07, 6.45) is 5.17. The van der Waals surface area contributed by atoms with Crippen molar-refractivity contribution in [2.75, 3.05) is 25.2 Å². The Bertz CT molecular complexity index is 403. The van der Waals surface area contributed by atoms with E-state index >= 15 is 0 Å². The SMILES string of the molecule is c1cc2c(cc1NCCC1CCCCN1)OCO2. The molecule has 2 aliphatic rings. The first-order chi connectivity index (χ1) is 8.92. The van der Waals surface area contributed by atoms with E-state index in [0.29, 0.717) is 12.8 Å². The molecule has 0 spiro atoms. The monoisotopic (exact) mass is 248 g/mol. The van der Waals surface area contributed by atoms with Gasteiger partial charge >= 0.3 is 0 Å². The summed E-state index contributed by atoms with van der Waals surface area (Å²) in [7, 11) is 0. The number of fused-ring (bicyclic) bond motifs is 1. The maximum Gasteiger partial charge on any atom is 0.231 e. The Morgan fingerprint density at radius 2 is 2.17 bits per heavy atom. The molecule has 0 bridgehead atoms. The van der Waals surface area contributed by atoms with Crippen molar-refractivity contribution in [1.29, 1.82) is 0 Å². The minimum atomic E-state index is 0.338. The number of rotatable bonds is 4. The fraction of sp³-hybridized carbons (Fsp3) is 0.571. The molecule has 1 fully saturated rings. The minimum absolute atomic E-state index is 0.338. The van der Waals surface area contributed by atoms with Crippen LogP contribution in [-0.2, 0) is 0 Å². The van der Waals surface area contributed by atoms with Crippen LogP contribution in [0.2, 0.25) is 0 Å². The highest BCUT2D eigenvalue weighted by molar-refractivity contribution is 5.55. The lowest BCUT2D eigenvalue weighted by Crippen LogP contribution is -2.35. The van der Waals surface area contributed by atoms with Gasteiger partial charge in [0.2, 0.25) is 6.79 Å². The van der Waals surface area contributed by atoms with E-state index in [0.717, 1.165) is 23.7 Å². The second kappa shape index (κ2) is 5.48. The summed E-state index contributed by atoms with van der Waals surface area (Å²) in [4.78, 5) is 0. The van der Waals surface area contributed by atoms with E-state index in [9.17, 15) is 0 Å². The van der Waals surface area contributed by atoms with Gasteiger partial charge in [-0.3, -0.25) is 0 Å². The van der Waals surface area contributed by atoms with Crippen LogP contribution in [0.1, 0.15) is 25.7 Å². The Kier molecular flexibility index (Phi) is 3.55. The van der Waals surface area contributed by atoms with E-state index in [1.807, 2.05) is 18.2 Å². The Morgan fingerprint density at radius 1 is 1.22 bits per heavy atom. The van der Waals surface area contributed by atoms with Crippen molar-refractivity contribution in [3.8, 4) is 11.5 Å². The molecule has 0 aliphatic carbocycles. The summed E-state index contributed by atoms with van der Waals surface area (Å²) in [5, 5.41) is 7.01.